The first kappa shape index (κ1) is 20.1. The molecular weight excluding hydrogens is 374 g/mol. The van der Waals surface area contributed by atoms with Gasteiger partial charge >= 0.3 is 0 Å². The number of amidine groups is 1. The number of rotatable bonds is 8. The van der Waals surface area contributed by atoms with Crippen molar-refractivity contribution in [2.24, 2.45) is 4.40 Å². The number of sulfonamides is 1. The summed E-state index contributed by atoms with van der Waals surface area (Å²) in [5, 5.41) is 6.05. The van der Waals surface area contributed by atoms with Crippen LogP contribution in [0.2, 0.25) is 0 Å². The molecule has 0 saturated heterocycles. The molecule has 0 bridgehead atoms. The number of carbonyl (C=O) groups excluding carboxylic acids is 1. The number of hydrogen-bond acceptors (Lipinski definition) is 4. The summed E-state index contributed by atoms with van der Waals surface area (Å²) in [5.41, 5.74) is 1.79. The molecule has 7 heteroatoms. The molecule has 1 heterocycles. The molecule has 6 nitrogen and oxygen atoms in total. The average Bonchev–Trinajstić information content (AvgIpc) is 2.67. The third-order valence-electron chi connectivity index (χ3n) is 4.61. The molecule has 0 spiro atoms. The van der Waals surface area contributed by atoms with Crippen LogP contribution in [0.15, 0.2) is 63.9 Å². The minimum absolute atomic E-state index is 0.0276. The number of anilines is 1. The predicted octanol–water partition coefficient (Wildman–Crippen LogP) is 3.51. The van der Waals surface area contributed by atoms with Crippen LogP contribution in [0.25, 0.3) is 0 Å². The topological polar surface area (TPSA) is 87.6 Å². The Labute approximate surface area is 166 Å². The Hall–Kier alpha value is -2.67. The highest BCUT2D eigenvalue weighted by Crippen LogP contribution is 2.27. The lowest BCUT2D eigenvalue weighted by Crippen LogP contribution is -2.33. The molecule has 2 aromatic rings. The summed E-state index contributed by atoms with van der Waals surface area (Å²) < 4.78 is 28.2. The summed E-state index contributed by atoms with van der Waals surface area (Å²) in [6, 6.07) is 17.0. The van der Waals surface area contributed by atoms with E-state index in [4.69, 9.17) is 0 Å². The van der Waals surface area contributed by atoms with Crippen molar-refractivity contribution < 1.29 is 13.2 Å². The fourth-order valence-corrected chi connectivity index (χ4v) is 4.31. The highest BCUT2D eigenvalue weighted by molar-refractivity contribution is 7.90. The molecule has 1 unspecified atom stereocenters. The Morgan fingerprint density at radius 3 is 2.57 bits per heavy atom. The number of fused-ring (bicyclic) bond motifs is 1. The molecule has 0 fully saturated rings. The van der Waals surface area contributed by atoms with Crippen LogP contribution in [0.1, 0.15) is 38.2 Å². The van der Waals surface area contributed by atoms with Crippen molar-refractivity contribution in [3.63, 3.8) is 0 Å². The molecule has 148 valence electrons. The number of benzene rings is 2. The van der Waals surface area contributed by atoms with E-state index >= 15 is 0 Å². The van der Waals surface area contributed by atoms with E-state index in [0.717, 1.165) is 12.8 Å². The zero-order chi connectivity index (χ0) is 20.0. The van der Waals surface area contributed by atoms with E-state index < -0.39 is 10.0 Å². The lowest BCUT2D eigenvalue weighted by atomic mass is 10.1. The second-order valence-electron chi connectivity index (χ2n) is 6.98. The van der Waals surface area contributed by atoms with Gasteiger partial charge in [-0.2, -0.15) is 8.42 Å². The number of carbonyl (C=O) groups is 1. The number of hydrogen-bond donors (Lipinski definition) is 2. The molecule has 1 amide bonds. The van der Waals surface area contributed by atoms with Gasteiger partial charge in [0.1, 0.15) is 10.7 Å². The summed E-state index contributed by atoms with van der Waals surface area (Å²) in [4.78, 5) is 12.3. The highest BCUT2D eigenvalue weighted by Gasteiger charge is 2.24. The van der Waals surface area contributed by atoms with Crippen LogP contribution < -0.4 is 10.6 Å². The largest absolute Gasteiger partial charge is 0.354 e. The van der Waals surface area contributed by atoms with Gasteiger partial charge < -0.3 is 10.6 Å². The molecule has 3 rings (SSSR count). The van der Waals surface area contributed by atoms with Gasteiger partial charge in [0.15, 0.2) is 0 Å². The predicted molar refractivity (Wildman–Crippen MR) is 111 cm³/mol. The summed E-state index contributed by atoms with van der Waals surface area (Å²) in [6.07, 6.45) is 3.05. The molecule has 0 aliphatic carbocycles. The van der Waals surface area contributed by atoms with E-state index in [1.165, 1.54) is 11.6 Å². The average molecular weight is 400 g/mol. The molecule has 0 saturated carbocycles. The van der Waals surface area contributed by atoms with Crippen LogP contribution in [-0.4, -0.2) is 26.2 Å². The van der Waals surface area contributed by atoms with Gasteiger partial charge in [-0.15, -0.1) is 4.40 Å². The Balaban J connectivity index is 1.42. The number of aryl methyl sites for hydroxylation is 1. The van der Waals surface area contributed by atoms with Gasteiger partial charge in [0.05, 0.1) is 5.69 Å². The fraction of sp³-hybridized carbons (Fsp3) is 0.333. The van der Waals surface area contributed by atoms with Crippen LogP contribution in [0.3, 0.4) is 0 Å². The zero-order valence-corrected chi connectivity index (χ0v) is 16.7. The van der Waals surface area contributed by atoms with Crippen molar-refractivity contribution in [2.75, 3.05) is 5.32 Å². The number of para-hydroxylation sites is 1. The lowest BCUT2D eigenvalue weighted by molar-refractivity contribution is -0.121. The van der Waals surface area contributed by atoms with E-state index in [-0.39, 0.29) is 16.8 Å². The Kier molecular flexibility index (Phi) is 6.46. The molecule has 2 N–H and O–H groups in total. The minimum atomic E-state index is -3.67. The summed E-state index contributed by atoms with van der Waals surface area (Å²) >= 11 is 0. The van der Waals surface area contributed by atoms with Gasteiger partial charge in [0, 0.05) is 18.9 Å². The van der Waals surface area contributed by atoms with Gasteiger partial charge in [-0.25, -0.2) is 0 Å². The number of amides is 1. The maximum atomic E-state index is 12.2. The first-order valence-corrected chi connectivity index (χ1v) is 10.9. The smallest absolute Gasteiger partial charge is 0.286 e. The lowest BCUT2D eigenvalue weighted by Gasteiger charge is -2.18. The van der Waals surface area contributed by atoms with E-state index in [0.29, 0.717) is 30.8 Å². The summed E-state index contributed by atoms with van der Waals surface area (Å²) in [6.45, 7) is 2.00. The third-order valence-corrected chi connectivity index (χ3v) is 5.98. The first-order chi connectivity index (χ1) is 13.4. The second-order valence-corrected chi connectivity index (χ2v) is 8.55. The van der Waals surface area contributed by atoms with E-state index in [1.54, 1.807) is 18.2 Å². The van der Waals surface area contributed by atoms with Crippen LogP contribution in [-0.2, 0) is 21.2 Å². The maximum Gasteiger partial charge on any atom is 0.286 e. The van der Waals surface area contributed by atoms with Crippen LogP contribution in [0.5, 0.6) is 0 Å². The van der Waals surface area contributed by atoms with Gasteiger partial charge in [-0.3, -0.25) is 4.79 Å². The van der Waals surface area contributed by atoms with Crippen molar-refractivity contribution >= 4 is 27.5 Å². The Bertz CT molecular complexity index is 956. The molecule has 28 heavy (non-hydrogen) atoms. The third kappa shape index (κ3) is 5.42. The molecule has 1 aliphatic heterocycles. The second kappa shape index (κ2) is 9.01. The molecular formula is C21H25N3O3S. The van der Waals surface area contributed by atoms with E-state index in [9.17, 15) is 13.2 Å². The van der Waals surface area contributed by atoms with Gasteiger partial charge in [-0.05, 0) is 43.9 Å². The van der Waals surface area contributed by atoms with E-state index in [1.807, 2.05) is 25.1 Å². The van der Waals surface area contributed by atoms with Gasteiger partial charge in [0.25, 0.3) is 10.0 Å². The minimum Gasteiger partial charge on any atom is -0.354 e. The normalized spacial score (nSPS) is 15.7. The first-order valence-electron chi connectivity index (χ1n) is 9.47. The molecule has 2 aromatic carbocycles. The summed E-state index contributed by atoms with van der Waals surface area (Å²) in [5.74, 6) is 0.351. The SMILES string of the molecule is CC(CCc1ccccc1)NC(=O)CCCC1=NS(=O)(=O)c2ccccc2N1. The van der Waals surface area contributed by atoms with Crippen molar-refractivity contribution in [3.8, 4) is 0 Å². The number of nitrogens with zero attached hydrogens (tertiary/aromatic N) is 1. The highest BCUT2D eigenvalue weighted by atomic mass is 32.2. The Morgan fingerprint density at radius 1 is 1.07 bits per heavy atom. The Morgan fingerprint density at radius 2 is 1.79 bits per heavy atom. The monoisotopic (exact) mass is 399 g/mol. The van der Waals surface area contributed by atoms with E-state index in [2.05, 4.69) is 27.2 Å². The maximum absolute atomic E-state index is 12.2. The van der Waals surface area contributed by atoms with Crippen molar-refractivity contribution in [1.29, 1.82) is 0 Å². The van der Waals surface area contributed by atoms with Crippen molar-refractivity contribution in [2.45, 2.75) is 50.0 Å². The van der Waals surface area contributed by atoms with Gasteiger partial charge in [0.2, 0.25) is 5.91 Å². The molecule has 0 radical (unpaired) electrons. The quantitative estimate of drug-likeness (QED) is 0.711. The molecule has 1 aliphatic rings. The number of nitrogens with one attached hydrogen (secondary N) is 2. The van der Waals surface area contributed by atoms with Crippen LogP contribution in [0.4, 0.5) is 5.69 Å². The van der Waals surface area contributed by atoms with Crippen LogP contribution >= 0.6 is 0 Å². The van der Waals surface area contributed by atoms with Gasteiger partial charge in [-0.1, -0.05) is 42.5 Å². The van der Waals surface area contributed by atoms with Crippen LogP contribution in [0, 0.1) is 0 Å². The summed E-state index contributed by atoms with van der Waals surface area (Å²) in [7, 11) is -3.67. The molecule has 0 aromatic heterocycles. The molecule has 1 atom stereocenters. The van der Waals surface area contributed by atoms with Crippen molar-refractivity contribution in [1.82, 2.24) is 5.32 Å². The van der Waals surface area contributed by atoms with Crippen molar-refractivity contribution in [3.05, 3.63) is 60.2 Å². The standard InChI is InChI=1S/C21H25N3O3S/c1-16(14-15-17-8-3-2-4-9-17)22-21(25)13-7-12-20-23-18-10-5-6-11-19(18)28(26,27)24-20/h2-6,8-11,16H,7,12-15H2,1H3,(H,22,25)(H,23,24). The zero-order valence-electron chi connectivity index (χ0n) is 15.9. The fourth-order valence-electron chi connectivity index (χ4n) is 3.14.